The number of benzene rings is 1. The van der Waals surface area contributed by atoms with E-state index in [9.17, 15) is 4.79 Å². The van der Waals surface area contributed by atoms with Crippen molar-refractivity contribution < 1.29 is 4.79 Å². The third kappa shape index (κ3) is 3.93. The second-order valence-electron chi connectivity index (χ2n) is 3.91. The fourth-order valence-electron chi connectivity index (χ4n) is 1.46. The highest BCUT2D eigenvalue weighted by atomic mass is 32.2. The third-order valence-corrected chi connectivity index (χ3v) is 3.79. The SMILES string of the molecule is Cn1c(CSCC(=O)Nc2ccccc2)n[nH]c1=S. The first kappa shape index (κ1) is 13.8. The van der Waals surface area contributed by atoms with Gasteiger partial charge in [0, 0.05) is 12.7 Å². The van der Waals surface area contributed by atoms with Crippen molar-refractivity contribution in [3.63, 3.8) is 0 Å². The summed E-state index contributed by atoms with van der Waals surface area (Å²) in [5, 5.41) is 9.64. The van der Waals surface area contributed by atoms with Crippen LogP contribution in [0.4, 0.5) is 5.69 Å². The predicted octanol–water partition coefficient (Wildman–Crippen LogP) is 2.35. The van der Waals surface area contributed by atoms with Crippen molar-refractivity contribution >= 4 is 35.6 Å². The van der Waals surface area contributed by atoms with Crippen molar-refractivity contribution in [1.82, 2.24) is 14.8 Å². The van der Waals surface area contributed by atoms with E-state index in [4.69, 9.17) is 12.2 Å². The van der Waals surface area contributed by atoms with Crippen LogP contribution in [0.2, 0.25) is 0 Å². The van der Waals surface area contributed by atoms with Crippen molar-refractivity contribution in [3.05, 3.63) is 40.9 Å². The van der Waals surface area contributed by atoms with Crippen molar-refractivity contribution in [2.24, 2.45) is 7.05 Å². The molecule has 0 fully saturated rings. The summed E-state index contributed by atoms with van der Waals surface area (Å²) in [5.41, 5.74) is 0.811. The van der Waals surface area contributed by atoms with Crippen molar-refractivity contribution in [2.75, 3.05) is 11.1 Å². The number of carbonyl (C=O) groups excluding carboxylic acids is 1. The molecule has 1 amide bonds. The highest BCUT2D eigenvalue weighted by Gasteiger charge is 2.05. The van der Waals surface area contributed by atoms with Crippen LogP contribution >= 0.6 is 24.0 Å². The molecule has 0 bridgehead atoms. The van der Waals surface area contributed by atoms with Gasteiger partial charge in [-0.25, -0.2) is 0 Å². The molecule has 0 saturated carbocycles. The number of H-pyrrole nitrogens is 1. The number of amides is 1. The molecule has 1 heterocycles. The van der Waals surface area contributed by atoms with E-state index in [-0.39, 0.29) is 5.91 Å². The molecule has 1 aromatic heterocycles. The van der Waals surface area contributed by atoms with Crippen molar-refractivity contribution in [1.29, 1.82) is 0 Å². The normalized spacial score (nSPS) is 10.4. The van der Waals surface area contributed by atoms with Crippen LogP contribution in [0.3, 0.4) is 0 Å². The number of aromatic amines is 1. The molecular weight excluding hydrogens is 280 g/mol. The Bertz CT molecular complexity index is 606. The van der Waals surface area contributed by atoms with Gasteiger partial charge in [-0.05, 0) is 24.4 Å². The Kier molecular flexibility index (Phi) is 4.75. The number of para-hydroxylation sites is 1. The number of nitrogens with one attached hydrogen (secondary N) is 2. The minimum Gasteiger partial charge on any atom is -0.325 e. The van der Waals surface area contributed by atoms with Gasteiger partial charge in [0.2, 0.25) is 5.91 Å². The minimum atomic E-state index is -0.0204. The summed E-state index contributed by atoms with van der Waals surface area (Å²) >= 11 is 6.52. The highest BCUT2D eigenvalue weighted by molar-refractivity contribution is 7.99. The second-order valence-corrected chi connectivity index (χ2v) is 5.28. The van der Waals surface area contributed by atoms with E-state index in [0.29, 0.717) is 16.3 Å². The maximum absolute atomic E-state index is 11.7. The summed E-state index contributed by atoms with van der Waals surface area (Å²) < 4.78 is 2.39. The zero-order valence-corrected chi connectivity index (χ0v) is 12.1. The molecule has 0 saturated heterocycles. The van der Waals surface area contributed by atoms with Gasteiger partial charge in [0.25, 0.3) is 0 Å². The Hall–Kier alpha value is -1.60. The first-order valence-corrected chi connectivity index (χ1v) is 7.26. The molecule has 100 valence electrons. The molecule has 2 aromatic rings. The van der Waals surface area contributed by atoms with E-state index in [1.165, 1.54) is 11.8 Å². The fourth-order valence-corrected chi connectivity index (χ4v) is 2.41. The standard InChI is InChI=1S/C12H14N4OS2/c1-16-10(14-15-12(16)18)7-19-8-11(17)13-9-5-3-2-4-6-9/h2-6H,7-8H2,1H3,(H,13,17)(H,15,18). The van der Waals surface area contributed by atoms with Crippen LogP contribution in [0.1, 0.15) is 5.82 Å². The lowest BCUT2D eigenvalue weighted by atomic mass is 10.3. The van der Waals surface area contributed by atoms with Gasteiger partial charge in [-0.15, -0.1) is 11.8 Å². The predicted molar refractivity (Wildman–Crippen MR) is 79.6 cm³/mol. The van der Waals surface area contributed by atoms with Gasteiger partial charge in [0.1, 0.15) is 5.82 Å². The maximum Gasteiger partial charge on any atom is 0.234 e. The summed E-state index contributed by atoms with van der Waals surface area (Å²) in [7, 11) is 1.85. The first-order chi connectivity index (χ1) is 9.16. The average Bonchev–Trinajstić information content (AvgIpc) is 2.72. The van der Waals surface area contributed by atoms with Crippen LogP contribution in [0.25, 0.3) is 0 Å². The van der Waals surface area contributed by atoms with Crippen molar-refractivity contribution in [2.45, 2.75) is 5.75 Å². The molecule has 2 rings (SSSR count). The summed E-state index contributed by atoms with van der Waals surface area (Å²) in [6.45, 7) is 0. The lowest BCUT2D eigenvalue weighted by molar-refractivity contribution is -0.113. The van der Waals surface area contributed by atoms with E-state index < -0.39 is 0 Å². The van der Waals surface area contributed by atoms with Crippen LogP contribution in [-0.2, 0) is 17.6 Å². The fraction of sp³-hybridized carbons (Fsp3) is 0.250. The number of nitrogens with zero attached hydrogens (tertiary/aromatic N) is 2. The molecule has 0 aliphatic heterocycles. The van der Waals surface area contributed by atoms with E-state index in [0.717, 1.165) is 11.5 Å². The molecule has 0 atom stereocenters. The average molecular weight is 294 g/mol. The Balaban J connectivity index is 1.78. The van der Waals surface area contributed by atoms with Crippen LogP contribution < -0.4 is 5.32 Å². The minimum absolute atomic E-state index is 0.0204. The van der Waals surface area contributed by atoms with Gasteiger partial charge >= 0.3 is 0 Å². The summed E-state index contributed by atoms with van der Waals surface area (Å²) in [6, 6.07) is 9.41. The summed E-state index contributed by atoms with van der Waals surface area (Å²) in [6.07, 6.45) is 0. The molecule has 2 N–H and O–H groups in total. The molecular formula is C12H14N4OS2. The molecule has 0 spiro atoms. The lowest BCUT2D eigenvalue weighted by Crippen LogP contribution is -2.14. The summed E-state index contributed by atoms with van der Waals surface area (Å²) in [4.78, 5) is 11.7. The Morgan fingerprint density at radius 3 is 2.84 bits per heavy atom. The Morgan fingerprint density at radius 1 is 1.47 bits per heavy atom. The number of anilines is 1. The van der Waals surface area contributed by atoms with Gasteiger partial charge in [0.05, 0.1) is 11.5 Å². The smallest absolute Gasteiger partial charge is 0.234 e. The molecule has 0 unspecified atom stereocenters. The van der Waals surface area contributed by atoms with Crippen LogP contribution in [0, 0.1) is 4.77 Å². The maximum atomic E-state index is 11.7. The van der Waals surface area contributed by atoms with Crippen LogP contribution in [0.15, 0.2) is 30.3 Å². The third-order valence-electron chi connectivity index (χ3n) is 2.49. The quantitative estimate of drug-likeness (QED) is 0.831. The van der Waals surface area contributed by atoms with Gasteiger partial charge < -0.3 is 9.88 Å². The number of hydrogen-bond donors (Lipinski definition) is 2. The molecule has 0 radical (unpaired) electrons. The Labute approximate surface area is 120 Å². The highest BCUT2D eigenvalue weighted by Crippen LogP contribution is 2.11. The molecule has 0 aliphatic carbocycles. The topological polar surface area (TPSA) is 62.7 Å². The molecule has 1 aromatic carbocycles. The van der Waals surface area contributed by atoms with Gasteiger partial charge in [-0.1, -0.05) is 18.2 Å². The second kappa shape index (κ2) is 6.53. The van der Waals surface area contributed by atoms with Gasteiger partial charge in [0.15, 0.2) is 4.77 Å². The summed E-state index contributed by atoms with van der Waals surface area (Å²) in [5.74, 6) is 1.84. The van der Waals surface area contributed by atoms with Gasteiger partial charge in [-0.3, -0.25) is 9.89 Å². The molecule has 19 heavy (non-hydrogen) atoms. The molecule has 0 aliphatic rings. The monoisotopic (exact) mass is 294 g/mol. The number of thioether (sulfide) groups is 1. The van der Waals surface area contributed by atoms with Crippen LogP contribution in [-0.4, -0.2) is 26.4 Å². The number of carbonyl (C=O) groups is 1. The van der Waals surface area contributed by atoms with Crippen LogP contribution in [0.5, 0.6) is 0 Å². The zero-order valence-electron chi connectivity index (χ0n) is 10.4. The first-order valence-electron chi connectivity index (χ1n) is 5.70. The van der Waals surface area contributed by atoms with E-state index in [1.807, 2.05) is 37.4 Å². The molecule has 5 nitrogen and oxygen atoms in total. The van der Waals surface area contributed by atoms with E-state index in [2.05, 4.69) is 15.5 Å². The van der Waals surface area contributed by atoms with E-state index >= 15 is 0 Å². The molecule has 7 heteroatoms. The lowest BCUT2D eigenvalue weighted by Gasteiger charge is -2.04. The van der Waals surface area contributed by atoms with Gasteiger partial charge in [-0.2, -0.15) is 5.10 Å². The number of aromatic nitrogens is 3. The zero-order chi connectivity index (χ0) is 13.7. The van der Waals surface area contributed by atoms with Crippen molar-refractivity contribution in [3.8, 4) is 0 Å². The number of rotatable bonds is 5. The van der Waals surface area contributed by atoms with E-state index in [1.54, 1.807) is 4.57 Å². The number of hydrogen-bond acceptors (Lipinski definition) is 4. The Morgan fingerprint density at radius 2 is 2.21 bits per heavy atom. The largest absolute Gasteiger partial charge is 0.325 e.